The molecular formula is C19H25Cu2N4O2. The van der Waals surface area contributed by atoms with Crippen LogP contribution in [0.4, 0.5) is 0 Å². The molecule has 0 bridgehead atoms. The Morgan fingerprint density at radius 2 is 1.93 bits per heavy atom. The van der Waals surface area contributed by atoms with Gasteiger partial charge in [0.1, 0.15) is 0 Å². The van der Waals surface area contributed by atoms with Gasteiger partial charge in [0.05, 0.1) is 17.9 Å². The summed E-state index contributed by atoms with van der Waals surface area (Å²) in [6.45, 7) is 4.07. The van der Waals surface area contributed by atoms with Crippen molar-refractivity contribution in [3.63, 3.8) is 0 Å². The van der Waals surface area contributed by atoms with Gasteiger partial charge in [-0.1, -0.05) is 18.2 Å². The molecule has 4 N–H and O–H groups in total. The molecule has 0 fully saturated rings. The predicted octanol–water partition coefficient (Wildman–Crippen LogP) is 3.67. The molecule has 3 heterocycles. The van der Waals surface area contributed by atoms with Gasteiger partial charge in [-0.25, -0.2) is 0 Å². The molecule has 2 aliphatic rings. The molecule has 0 aliphatic carbocycles. The second-order valence-electron chi connectivity index (χ2n) is 5.71. The van der Waals surface area contributed by atoms with E-state index in [9.17, 15) is 0 Å². The van der Waals surface area contributed by atoms with E-state index in [1.165, 1.54) is 0 Å². The number of allylic oxidation sites excluding steroid dienone is 5. The monoisotopic (exact) mass is 467 g/mol. The van der Waals surface area contributed by atoms with Gasteiger partial charge in [0.2, 0.25) is 0 Å². The minimum Gasteiger partial charge on any atom is -0.693 e. The molecule has 0 saturated carbocycles. The second kappa shape index (κ2) is 14.7. The molecule has 6 nitrogen and oxygen atoms in total. The van der Waals surface area contributed by atoms with Gasteiger partial charge in [0.15, 0.2) is 0 Å². The van der Waals surface area contributed by atoms with E-state index < -0.39 is 0 Å². The van der Waals surface area contributed by atoms with Crippen molar-refractivity contribution in [3.05, 3.63) is 77.3 Å². The first kappa shape index (κ1) is 27.8. The zero-order valence-electron chi connectivity index (χ0n) is 15.2. The predicted molar refractivity (Wildman–Crippen MR) is 103 cm³/mol. The van der Waals surface area contributed by atoms with E-state index in [1.807, 2.05) is 36.6 Å². The summed E-state index contributed by atoms with van der Waals surface area (Å²) in [6, 6.07) is 3.93. The van der Waals surface area contributed by atoms with Crippen molar-refractivity contribution in [2.75, 3.05) is 6.54 Å². The number of aliphatic hydroxyl groups is 2. The number of rotatable bonds is 4. The van der Waals surface area contributed by atoms with Crippen molar-refractivity contribution in [2.45, 2.75) is 32.5 Å². The molecule has 155 valence electrons. The maximum absolute atomic E-state index is 8.56. The van der Waals surface area contributed by atoms with E-state index in [-0.39, 0.29) is 52.5 Å². The van der Waals surface area contributed by atoms with Crippen molar-refractivity contribution in [1.82, 2.24) is 4.98 Å². The van der Waals surface area contributed by atoms with Gasteiger partial charge >= 0.3 is 34.1 Å². The molecule has 2 aliphatic heterocycles. The third kappa shape index (κ3) is 9.40. The summed E-state index contributed by atoms with van der Waals surface area (Å²) in [7, 11) is 0. The van der Waals surface area contributed by atoms with Gasteiger partial charge in [0, 0.05) is 6.21 Å². The Bertz CT molecular complexity index is 656. The molecule has 2 unspecified atom stereocenters. The van der Waals surface area contributed by atoms with Crippen LogP contribution in [0.3, 0.4) is 0 Å². The Morgan fingerprint density at radius 1 is 1.22 bits per heavy atom. The molecule has 2 atom stereocenters. The molecule has 0 amide bonds. The van der Waals surface area contributed by atoms with Gasteiger partial charge in [-0.15, -0.1) is 18.3 Å². The summed E-state index contributed by atoms with van der Waals surface area (Å²) < 4.78 is 0. The number of hydrogen-bond acceptors (Lipinski definition) is 3. The topological polar surface area (TPSA) is 115 Å². The van der Waals surface area contributed by atoms with Crippen molar-refractivity contribution in [2.24, 2.45) is 4.99 Å². The summed E-state index contributed by atoms with van der Waals surface area (Å²) in [4.78, 5) is 8.71. The van der Waals surface area contributed by atoms with E-state index in [0.29, 0.717) is 6.42 Å². The van der Waals surface area contributed by atoms with Crippen molar-refractivity contribution in [1.29, 1.82) is 0 Å². The van der Waals surface area contributed by atoms with E-state index in [0.717, 1.165) is 29.1 Å². The molecule has 3 rings (SSSR count). The van der Waals surface area contributed by atoms with Crippen LogP contribution in [0.5, 0.6) is 0 Å². The summed E-state index contributed by atoms with van der Waals surface area (Å²) >= 11 is 0. The van der Waals surface area contributed by atoms with Crippen molar-refractivity contribution in [3.8, 4) is 0 Å². The molecule has 0 saturated heterocycles. The number of hydrogen-bond donors (Lipinski definition) is 2. The summed E-state index contributed by atoms with van der Waals surface area (Å²) in [5.41, 5.74) is 3.99. The first-order valence-electron chi connectivity index (χ1n) is 8.01. The SMILES string of the molecule is C1=CC(=C(C2=C[N-]CC=C2)c2ccc[n-]2)N=C1.CC(O)CC(C)O.[Cu+2].[Cu+].[NH2-]. The molecular weight excluding hydrogens is 443 g/mol. The average Bonchev–Trinajstić information content (AvgIpc) is 3.22. The fraction of sp³-hybridized carbons (Fsp3) is 0.316. The molecule has 1 radical (unpaired) electrons. The van der Waals surface area contributed by atoms with Gasteiger partial charge in [-0.05, 0) is 43.6 Å². The van der Waals surface area contributed by atoms with E-state index in [4.69, 9.17) is 10.2 Å². The Kier molecular flexibility index (Phi) is 15.1. The van der Waals surface area contributed by atoms with Gasteiger partial charge in [-0.2, -0.15) is 12.4 Å². The zero-order chi connectivity index (χ0) is 17.4. The Labute approximate surface area is 182 Å². The van der Waals surface area contributed by atoms with Crippen LogP contribution in [0.15, 0.2) is 65.1 Å². The molecule has 0 spiro atoms. The maximum atomic E-state index is 8.56. The van der Waals surface area contributed by atoms with Crippen LogP contribution in [0, 0.1) is 0 Å². The second-order valence-corrected chi connectivity index (χ2v) is 5.71. The van der Waals surface area contributed by atoms with Gasteiger partial charge in [-0.3, -0.25) is 4.99 Å². The minimum atomic E-state index is -0.375. The molecule has 8 heteroatoms. The number of aliphatic hydroxyl groups excluding tert-OH is 2. The standard InChI is InChI=1S/C14H11N3.C5H12O2.2Cu.H2N/c1-4-11(10-15-7-1)14(12-5-2-8-16-12)13-6-3-9-17-13;1-4(6)3-5(2)7;;;/h1-6,8-10H,7H2;4-7H,3H2,1-2H3;;;1H2/q-2;;+1;+2;-1. The quantitative estimate of drug-likeness (QED) is 0.657. The number of nitrogens with zero attached hydrogens (tertiary/aromatic N) is 3. The number of aliphatic imine (C=N–C) groups is 1. The first-order chi connectivity index (χ1) is 11.6. The van der Waals surface area contributed by atoms with Crippen LogP contribution in [-0.4, -0.2) is 35.2 Å². The Hall–Kier alpha value is -1.37. The number of nitrogens with two attached hydrogens (primary N) is 1. The third-order valence-corrected chi connectivity index (χ3v) is 3.33. The largest absolute Gasteiger partial charge is 2.00 e. The van der Waals surface area contributed by atoms with Crippen LogP contribution in [-0.2, 0) is 34.1 Å². The van der Waals surface area contributed by atoms with Gasteiger partial charge in [0.25, 0.3) is 0 Å². The fourth-order valence-electron chi connectivity index (χ4n) is 2.40. The Morgan fingerprint density at radius 3 is 2.33 bits per heavy atom. The van der Waals surface area contributed by atoms with Crippen LogP contribution in [0.2, 0.25) is 0 Å². The smallest absolute Gasteiger partial charge is 0.693 e. The van der Waals surface area contributed by atoms with Crippen LogP contribution < -0.4 is 4.98 Å². The molecule has 27 heavy (non-hydrogen) atoms. The van der Waals surface area contributed by atoms with Gasteiger partial charge < -0.3 is 26.7 Å². The maximum Gasteiger partial charge on any atom is 2.00 e. The number of aromatic nitrogens is 1. The van der Waals surface area contributed by atoms with E-state index in [1.54, 1.807) is 26.3 Å². The molecule has 1 aromatic heterocycles. The molecule has 1 aromatic rings. The molecule has 0 aromatic carbocycles. The summed E-state index contributed by atoms with van der Waals surface area (Å²) in [6.07, 6.45) is 13.2. The average molecular weight is 469 g/mol. The van der Waals surface area contributed by atoms with E-state index >= 15 is 0 Å². The Balaban J connectivity index is 0. The van der Waals surface area contributed by atoms with Crippen LogP contribution >= 0.6 is 0 Å². The van der Waals surface area contributed by atoms with E-state index in [2.05, 4.69) is 21.4 Å². The summed E-state index contributed by atoms with van der Waals surface area (Å²) in [5, 5.41) is 21.4. The van der Waals surface area contributed by atoms with Crippen molar-refractivity contribution < 1.29 is 44.4 Å². The zero-order valence-corrected chi connectivity index (χ0v) is 17.1. The first-order valence-corrected chi connectivity index (χ1v) is 8.01. The minimum absolute atomic E-state index is 0. The summed E-state index contributed by atoms with van der Waals surface area (Å²) in [5.74, 6) is 0. The fourth-order valence-corrected chi connectivity index (χ4v) is 2.40. The third-order valence-electron chi connectivity index (χ3n) is 3.33. The normalized spacial score (nSPS) is 17.7. The van der Waals surface area contributed by atoms with Crippen LogP contribution in [0.1, 0.15) is 26.0 Å². The van der Waals surface area contributed by atoms with Crippen LogP contribution in [0.25, 0.3) is 17.0 Å². The van der Waals surface area contributed by atoms with Crippen molar-refractivity contribution >= 4 is 11.8 Å².